The van der Waals surface area contributed by atoms with Crippen LogP contribution in [0.2, 0.25) is 0 Å². The second kappa shape index (κ2) is 6.90. The lowest BCUT2D eigenvalue weighted by molar-refractivity contribution is 0.0731. The van der Waals surface area contributed by atoms with E-state index in [1.165, 1.54) is 0 Å². The van der Waals surface area contributed by atoms with Crippen molar-refractivity contribution in [1.29, 1.82) is 0 Å². The third-order valence-electron chi connectivity index (χ3n) is 3.00. The summed E-state index contributed by atoms with van der Waals surface area (Å²) in [6.45, 7) is 8.27. The van der Waals surface area contributed by atoms with E-state index in [0.29, 0.717) is 18.0 Å². The Morgan fingerprint density at radius 3 is 2.80 bits per heavy atom. The van der Waals surface area contributed by atoms with Crippen LogP contribution in [0.4, 0.5) is 0 Å². The number of hydrogen-bond donors (Lipinski definition) is 1. The van der Waals surface area contributed by atoms with E-state index in [9.17, 15) is 0 Å². The lowest BCUT2D eigenvalue weighted by Gasteiger charge is -2.09. The molecular weight excluding hydrogens is 272 g/mol. The van der Waals surface area contributed by atoms with Crippen molar-refractivity contribution in [2.75, 3.05) is 13.2 Å². The summed E-state index contributed by atoms with van der Waals surface area (Å²) in [5.41, 5.74) is 2.03. The molecule has 0 amide bonds. The van der Waals surface area contributed by atoms with Crippen LogP contribution < -0.4 is 4.74 Å². The molecule has 2 aromatic rings. The Balaban J connectivity index is 2.27. The maximum atomic E-state index is 5.76. The molecule has 0 saturated carbocycles. The van der Waals surface area contributed by atoms with Gasteiger partial charge in [0.2, 0.25) is 0 Å². The highest BCUT2D eigenvalue weighted by Crippen LogP contribution is 2.25. The first kappa shape index (κ1) is 15.1. The molecule has 0 aliphatic heterocycles. The first-order valence-corrected chi connectivity index (χ1v) is 7.50. The van der Waals surface area contributed by atoms with Gasteiger partial charge in [-0.2, -0.15) is 0 Å². The highest BCUT2D eigenvalue weighted by molar-refractivity contribution is 7.71. The number of H-pyrrole nitrogens is 1. The van der Waals surface area contributed by atoms with Gasteiger partial charge in [0, 0.05) is 6.54 Å². The van der Waals surface area contributed by atoms with E-state index in [1.807, 2.05) is 26.0 Å². The molecule has 1 N–H and O–H groups in total. The molecule has 0 aliphatic rings. The number of fused-ring (bicyclic) bond motifs is 1. The molecule has 4 nitrogen and oxygen atoms in total. The number of benzene rings is 1. The molecule has 0 bridgehead atoms. The second-order valence-corrected chi connectivity index (χ2v) is 5.39. The van der Waals surface area contributed by atoms with Crippen LogP contribution in [0.1, 0.15) is 27.2 Å². The number of aromatic nitrogens is 2. The van der Waals surface area contributed by atoms with Crippen molar-refractivity contribution < 1.29 is 9.47 Å². The average molecular weight is 294 g/mol. The Labute approximate surface area is 124 Å². The third kappa shape index (κ3) is 3.41. The zero-order valence-corrected chi connectivity index (χ0v) is 13.1. The Bertz CT molecular complexity index is 616. The second-order valence-electron chi connectivity index (χ2n) is 5.00. The average Bonchev–Trinajstić information content (AvgIpc) is 2.73. The minimum atomic E-state index is 0.234. The number of nitrogens with zero attached hydrogens (tertiary/aromatic N) is 1. The molecule has 20 heavy (non-hydrogen) atoms. The standard InChI is InChI=1S/C15H22N2O2S/c1-4-9-19-13-7-5-6-12-14(13)16-15(20)17(12)8-10-18-11(2)3/h5-7,11H,4,8-10H2,1-3H3,(H,16,20). The van der Waals surface area contributed by atoms with Crippen molar-refractivity contribution in [1.82, 2.24) is 9.55 Å². The fourth-order valence-electron chi connectivity index (χ4n) is 2.09. The molecule has 1 aromatic heterocycles. The third-order valence-corrected chi connectivity index (χ3v) is 3.32. The molecule has 0 spiro atoms. The van der Waals surface area contributed by atoms with Crippen LogP contribution in [0.15, 0.2) is 18.2 Å². The fourth-order valence-corrected chi connectivity index (χ4v) is 2.38. The van der Waals surface area contributed by atoms with Crippen molar-refractivity contribution in [2.45, 2.75) is 39.8 Å². The zero-order chi connectivity index (χ0) is 14.5. The number of para-hydroxylation sites is 1. The van der Waals surface area contributed by atoms with Crippen molar-refractivity contribution in [2.24, 2.45) is 0 Å². The van der Waals surface area contributed by atoms with Crippen LogP contribution in [-0.4, -0.2) is 28.9 Å². The molecule has 0 radical (unpaired) electrons. The van der Waals surface area contributed by atoms with E-state index < -0.39 is 0 Å². The number of imidazole rings is 1. The van der Waals surface area contributed by atoms with Gasteiger partial charge < -0.3 is 19.0 Å². The van der Waals surface area contributed by atoms with E-state index in [-0.39, 0.29) is 6.10 Å². The summed E-state index contributed by atoms with van der Waals surface area (Å²) in [4.78, 5) is 3.24. The molecule has 0 atom stereocenters. The lowest BCUT2D eigenvalue weighted by Crippen LogP contribution is -2.10. The monoisotopic (exact) mass is 294 g/mol. The Kier molecular flexibility index (Phi) is 5.20. The predicted octanol–water partition coefficient (Wildman–Crippen LogP) is 3.91. The highest BCUT2D eigenvalue weighted by atomic mass is 32.1. The molecular formula is C15H22N2O2S. The maximum absolute atomic E-state index is 5.76. The van der Waals surface area contributed by atoms with Crippen molar-refractivity contribution in [3.8, 4) is 5.75 Å². The number of nitrogens with one attached hydrogen (secondary N) is 1. The van der Waals surface area contributed by atoms with E-state index >= 15 is 0 Å². The Morgan fingerprint density at radius 1 is 1.30 bits per heavy atom. The highest BCUT2D eigenvalue weighted by Gasteiger charge is 2.09. The first-order valence-electron chi connectivity index (χ1n) is 7.09. The molecule has 1 heterocycles. The van der Waals surface area contributed by atoms with Crippen molar-refractivity contribution in [3.63, 3.8) is 0 Å². The van der Waals surface area contributed by atoms with E-state index in [4.69, 9.17) is 21.7 Å². The summed E-state index contributed by atoms with van der Waals surface area (Å²) < 4.78 is 14.1. The van der Waals surface area contributed by atoms with E-state index in [1.54, 1.807) is 0 Å². The summed E-state index contributed by atoms with van der Waals surface area (Å²) in [7, 11) is 0. The Hall–Kier alpha value is -1.33. The molecule has 0 aliphatic carbocycles. The smallest absolute Gasteiger partial charge is 0.178 e. The summed E-state index contributed by atoms with van der Waals surface area (Å²) in [6.07, 6.45) is 1.22. The molecule has 110 valence electrons. The van der Waals surface area contributed by atoms with Gasteiger partial charge in [-0.05, 0) is 44.6 Å². The minimum Gasteiger partial charge on any atom is -0.491 e. The zero-order valence-electron chi connectivity index (χ0n) is 12.3. The van der Waals surface area contributed by atoms with Gasteiger partial charge in [0.1, 0.15) is 11.3 Å². The number of hydrogen-bond acceptors (Lipinski definition) is 3. The first-order chi connectivity index (χ1) is 9.63. The number of ether oxygens (including phenoxy) is 2. The quantitative estimate of drug-likeness (QED) is 0.787. The molecule has 0 saturated heterocycles. The normalized spacial score (nSPS) is 11.4. The van der Waals surface area contributed by atoms with Gasteiger partial charge in [-0.3, -0.25) is 0 Å². The maximum Gasteiger partial charge on any atom is 0.178 e. The summed E-state index contributed by atoms with van der Waals surface area (Å²) in [6, 6.07) is 6.02. The fraction of sp³-hybridized carbons (Fsp3) is 0.533. The predicted molar refractivity (Wildman–Crippen MR) is 84.0 cm³/mol. The van der Waals surface area contributed by atoms with Crippen LogP contribution in [0.5, 0.6) is 5.75 Å². The van der Waals surface area contributed by atoms with Crippen LogP contribution in [0.3, 0.4) is 0 Å². The molecule has 2 rings (SSSR count). The van der Waals surface area contributed by atoms with Crippen molar-refractivity contribution >= 4 is 23.3 Å². The summed E-state index contributed by atoms with van der Waals surface area (Å²) >= 11 is 5.40. The molecule has 0 fully saturated rings. The van der Waals surface area contributed by atoms with Gasteiger partial charge in [-0.1, -0.05) is 13.0 Å². The van der Waals surface area contributed by atoms with E-state index in [0.717, 1.165) is 29.7 Å². The van der Waals surface area contributed by atoms with Gasteiger partial charge in [0.15, 0.2) is 4.77 Å². The van der Waals surface area contributed by atoms with Gasteiger partial charge in [0.05, 0.1) is 24.8 Å². The number of aromatic amines is 1. The van der Waals surface area contributed by atoms with Gasteiger partial charge in [-0.15, -0.1) is 0 Å². The van der Waals surface area contributed by atoms with Gasteiger partial charge >= 0.3 is 0 Å². The molecule has 0 unspecified atom stereocenters. The number of rotatable bonds is 7. The van der Waals surface area contributed by atoms with Crippen LogP contribution in [0.25, 0.3) is 11.0 Å². The SMILES string of the molecule is CCCOc1cccc2c1[nH]c(=S)n2CCOC(C)C. The van der Waals surface area contributed by atoms with Gasteiger partial charge in [-0.25, -0.2) is 0 Å². The van der Waals surface area contributed by atoms with E-state index in [2.05, 4.69) is 22.5 Å². The lowest BCUT2D eigenvalue weighted by atomic mass is 10.3. The Morgan fingerprint density at radius 2 is 2.10 bits per heavy atom. The van der Waals surface area contributed by atoms with Gasteiger partial charge in [0.25, 0.3) is 0 Å². The van der Waals surface area contributed by atoms with Crippen LogP contribution >= 0.6 is 12.2 Å². The summed E-state index contributed by atoms with van der Waals surface area (Å²) in [5.74, 6) is 0.860. The van der Waals surface area contributed by atoms with Crippen molar-refractivity contribution in [3.05, 3.63) is 23.0 Å². The van der Waals surface area contributed by atoms with Crippen LogP contribution in [-0.2, 0) is 11.3 Å². The topological polar surface area (TPSA) is 39.2 Å². The minimum absolute atomic E-state index is 0.234. The largest absolute Gasteiger partial charge is 0.491 e. The van der Waals surface area contributed by atoms with Crippen LogP contribution in [0, 0.1) is 4.77 Å². The molecule has 1 aromatic carbocycles. The molecule has 5 heteroatoms. The summed E-state index contributed by atoms with van der Waals surface area (Å²) in [5, 5.41) is 0.